The standard InChI is InChI=1S/C10H14N2S/c1-7-5-12-8(10(2,3)4)6-13-9(12)11-7/h5-6H,1-4H3. The zero-order chi connectivity index (χ0) is 9.64. The van der Waals surface area contributed by atoms with Crippen molar-refractivity contribution in [1.82, 2.24) is 9.38 Å². The summed E-state index contributed by atoms with van der Waals surface area (Å²) in [5.41, 5.74) is 2.64. The lowest BCUT2D eigenvalue weighted by Gasteiger charge is -2.16. The molecule has 2 nitrogen and oxygen atoms in total. The highest BCUT2D eigenvalue weighted by Gasteiger charge is 2.18. The fourth-order valence-electron chi connectivity index (χ4n) is 1.43. The Hall–Kier alpha value is -0.830. The SMILES string of the molecule is Cc1cn2c(C(C)(C)C)csc2n1. The first-order chi connectivity index (χ1) is 5.98. The van der Waals surface area contributed by atoms with Crippen LogP contribution in [0.25, 0.3) is 4.96 Å². The first kappa shape index (κ1) is 8.75. The van der Waals surface area contributed by atoms with Crippen LogP contribution >= 0.6 is 11.3 Å². The quantitative estimate of drug-likeness (QED) is 0.630. The van der Waals surface area contributed by atoms with Crippen molar-refractivity contribution in [3.8, 4) is 0 Å². The summed E-state index contributed by atoms with van der Waals surface area (Å²) in [6.45, 7) is 8.71. The Balaban J connectivity index is 2.70. The maximum atomic E-state index is 4.43. The van der Waals surface area contributed by atoms with Crippen molar-refractivity contribution >= 4 is 16.3 Å². The third-order valence-corrected chi connectivity index (χ3v) is 2.94. The molecule has 2 heterocycles. The number of aromatic nitrogens is 2. The largest absolute Gasteiger partial charge is 0.294 e. The van der Waals surface area contributed by atoms with Crippen LogP contribution in [0.4, 0.5) is 0 Å². The Morgan fingerprint density at radius 3 is 2.69 bits per heavy atom. The number of rotatable bonds is 0. The minimum atomic E-state index is 0.200. The number of imidazole rings is 1. The van der Waals surface area contributed by atoms with E-state index in [0.29, 0.717) is 0 Å². The molecule has 0 aliphatic heterocycles. The molecule has 0 amide bonds. The fourth-order valence-corrected chi connectivity index (χ4v) is 2.58. The number of aryl methyl sites for hydroxylation is 1. The van der Waals surface area contributed by atoms with E-state index in [-0.39, 0.29) is 5.41 Å². The summed E-state index contributed by atoms with van der Waals surface area (Å²) in [5, 5.41) is 2.20. The molecular formula is C10H14N2S. The van der Waals surface area contributed by atoms with Gasteiger partial charge in [0.1, 0.15) is 0 Å². The van der Waals surface area contributed by atoms with E-state index in [4.69, 9.17) is 0 Å². The van der Waals surface area contributed by atoms with E-state index in [1.165, 1.54) is 5.69 Å². The highest BCUT2D eigenvalue weighted by molar-refractivity contribution is 7.15. The second-order valence-electron chi connectivity index (χ2n) is 4.41. The molecule has 0 atom stereocenters. The van der Waals surface area contributed by atoms with Gasteiger partial charge in [0, 0.05) is 22.7 Å². The molecule has 0 N–H and O–H groups in total. The van der Waals surface area contributed by atoms with Gasteiger partial charge in [-0.1, -0.05) is 20.8 Å². The number of hydrogen-bond donors (Lipinski definition) is 0. The van der Waals surface area contributed by atoms with Crippen LogP contribution in [0.1, 0.15) is 32.2 Å². The van der Waals surface area contributed by atoms with Gasteiger partial charge in [0.15, 0.2) is 4.96 Å². The molecule has 3 heteroatoms. The van der Waals surface area contributed by atoms with Crippen LogP contribution in [-0.2, 0) is 5.41 Å². The third kappa shape index (κ3) is 1.37. The molecule has 0 fully saturated rings. The first-order valence-corrected chi connectivity index (χ1v) is 5.30. The van der Waals surface area contributed by atoms with Crippen LogP contribution in [0.3, 0.4) is 0 Å². The molecule has 0 bridgehead atoms. The second kappa shape index (κ2) is 2.58. The van der Waals surface area contributed by atoms with Crippen molar-refractivity contribution in [2.75, 3.05) is 0 Å². The average molecular weight is 194 g/mol. The van der Waals surface area contributed by atoms with Gasteiger partial charge in [-0.25, -0.2) is 4.98 Å². The Morgan fingerprint density at radius 2 is 2.08 bits per heavy atom. The van der Waals surface area contributed by atoms with Crippen LogP contribution in [0, 0.1) is 6.92 Å². The van der Waals surface area contributed by atoms with Crippen LogP contribution in [0.5, 0.6) is 0 Å². The van der Waals surface area contributed by atoms with Crippen LogP contribution in [-0.4, -0.2) is 9.38 Å². The van der Waals surface area contributed by atoms with Gasteiger partial charge in [-0.3, -0.25) is 4.40 Å². The van der Waals surface area contributed by atoms with E-state index in [9.17, 15) is 0 Å². The average Bonchev–Trinajstić information content (AvgIpc) is 2.41. The summed E-state index contributed by atoms with van der Waals surface area (Å²) in [6.07, 6.45) is 2.10. The van der Waals surface area contributed by atoms with E-state index in [0.717, 1.165) is 10.7 Å². The minimum absolute atomic E-state index is 0.200. The van der Waals surface area contributed by atoms with E-state index in [1.54, 1.807) is 11.3 Å². The van der Waals surface area contributed by atoms with Gasteiger partial charge in [-0.05, 0) is 6.92 Å². The van der Waals surface area contributed by atoms with Crippen LogP contribution in [0.2, 0.25) is 0 Å². The molecule has 70 valence electrons. The van der Waals surface area contributed by atoms with Gasteiger partial charge in [-0.2, -0.15) is 0 Å². The molecule has 0 spiro atoms. The van der Waals surface area contributed by atoms with Crippen molar-refractivity contribution in [2.45, 2.75) is 33.1 Å². The van der Waals surface area contributed by atoms with Gasteiger partial charge in [-0.15, -0.1) is 11.3 Å². The summed E-state index contributed by atoms with van der Waals surface area (Å²) in [5.74, 6) is 0. The summed E-state index contributed by atoms with van der Waals surface area (Å²) in [7, 11) is 0. The maximum Gasteiger partial charge on any atom is 0.194 e. The second-order valence-corrected chi connectivity index (χ2v) is 5.24. The van der Waals surface area contributed by atoms with Crippen molar-refractivity contribution in [2.24, 2.45) is 0 Å². The Kier molecular flexibility index (Phi) is 1.74. The molecule has 13 heavy (non-hydrogen) atoms. The highest BCUT2D eigenvalue weighted by Crippen LogP contribution is 2.27. The molecule has 2 rings (SSSR count). The molecule has 0 saturated carbocycles. The molecule has 2 aromatic rings. The maximum absolute atomic E-state index is 4.43. The zero-order valence-corrected chi connectivity index (χ0v) is 9.27. The Labute approximate surface area is 82.2 Å². The van der Waals surface area contributed by atoms with Gasteiger partial charge in [0.2, 0.25) is 0 Å². The fraction of sp³-hybridized carbons (Fsp3) is 0.500. The van der Waals surface area contributed by atoms with Crippen molar-refractivity contribution in [3.05, 3.63) is 23.0 Å². The van der Waals surface area contributed by atoms with Gasteiger partial charge in [0.25, 0.3) is 0 Å². The van der Waals surface area contributed by atoms with E-state index in [2.05, 4.69) is 41.7 Å². The van der Waals surface area contributed by atoms with Crippen molar-refractivity contribution in [1.29, 1.82) is 0 Å². The number of thiazole rings is 1. The van der Waals surface area contributed by atoms with Crippen LogP contribution < -0.4 is 0 Å². The van der Waals surface area contributed by atoms with Crippen molar-refractivity contribution in [3.63, 3.8) is 0 Å². The molecule has 0 aliphatic rings. The topological polar surface area (TPSA) is 17.3 Å². The van der Waals surface area contributed by atoms with E-state index in [1.807, 2.05) is 6.92 Å². The molecular weight excluding hydrogens is 180 g/mol. The molecule has 0 aromatic carbocycles. The normalized spacial score (nSPS) is 12.6. The van der Waals surface area contributed by atoms with Gasteiger partial charge < -0.3 is 0 Å². The smallest absolute Gasteiger partial charge is 0.194 e. The summed E-state index contributed by atoms with van der Waals surface area (Å²) in [6, 6.07) is 0. The van der Waals surface area contributed by atoms with E-state index < -0.39 is 0 Å². The number of hydrogen-bond acceptors (Lipinski definition) is 2. The van der Waals surface area contributed by atoms with E-state index >= 15 is 0 Å². The molecule has 0 saturated heterocycles. The Bertz CT molecular complexity index is 431. The third-order valence-electron chi connectivity index (χ3n) is 2.10. The molecule has 0 aliphatic carbocycles. The highest BCUT2D eigenvalue weighted by atomic mass is 32.1. The minimum Gasteiger partial charge on any atom is -0.294 e. The summed E-state index contributed by atoms with van der Waals surface area (Å²) >= 11 is 1.71. The summed E-state index contributed by atoms with van der Waals surface area (Å²) in [4.78, 5) is 5.53. The molecule has 0 unspecified atom stereocenters. The van der Waals surface area contributed by atoms with Gasteiger partial charge in [0.05, 0.1) is 5.69 Å². The lowest BCUT2D eigenvalue weighted by Crippen LogP contribution is -2.13. The van der Waals surface area contributed by atoms with Crippen molar-refractivity contribution < 1.29 is 0 Å². The molecule has 0 radical (unpaired) electrons. The monoisotopic (exact) mass is 194 g/mol. The molecule has 2 aromatic heterocycles. The predicted octanol–water partition coefficient (Wildman–Crippen LogP) is 3.00. The number of nitrogens with zero attached hydrogens (tertiary/aromatic N) is 2. The zero-order valence-electron chi connectivity index (χ0n) is 8.46. The predicted molar refractivity (Wildman–Crippen MR) is 56.5 cm³/mol. The number of fused-ring (bicyclic) bond motifs is 1. The summed E-state index contributed by atoms with van der Waals surface area (Å²) < 4.78 is 2.19. The Morgan fingerprint density at radius 1 is 1.38 bits per heavy atom. The van der Waals surface area contributed by atoms with Gasteiger partial charge >= 0.3 is 0 Å². The lowest BCUT2D eigenvalue weighted by atomic mass is 9.93. The lowest BCUT2D eigenvalue weighted by molar-refractivity contribution is 0.565. The first-order valence-electron chi connectivity index (χ1n) is 4.42. The van der Waals surface area contributed by atoms with Crippen LogP contribution in [0.15, 0.2) is 11.6 Å².